The van der Waals surface area contributed by atoms with Crippen molar-refractivity contribution in [1.29, 1.82) is 0 Å². The van der Waals surface area contributed by atoms with Gasteiger partial charge in [0.2, 0.25) is 0 Å². The third-order valence-corrected chi connectivity index (χ3v) is 6.01. The molecule has 0 atom stereocenters. The molecule has 0 spiro atoms. The van der Waals surface area contributed by atoms with Gasteiger partial charge < -0.3 is 25.0 Å². The molecule has 0 fully saturated rings. The van der Waals surface area contributed by atoms with E-state index in [9.17, 15) is 15.3 Å². The second-order valence-electron chi connectivity index (χ2n) is 8.70. The highest BCUT2D eigenvalue weighted by Gasteiger charge is 2.22. The molecule has 4 aromatic carbocycles. The van der Waals surface area contributed by atoms with Gasteiger partial charge in [0.15, 0.2) is 5.75 Å². The Bertz CT molecular complexity index is 1320. The molecule has 5 heteroatoms. The number of phenols is 3. The Hall–Kier alpha value is -4.12. The molecule has 0 aliphatic rings. The number of benzene rings is 4. The van der Waals surface area contributed by atoms with Gasteiger partial charge in [-0.15, -0.1) is 0 Å². The van der Waals surface area contributed by atoms with Gasteiger partial charge in [0, 0.05) is 12.1 Å². The van der Waals surface area contributed by atoms with Crippen LogP contribution in [0.2, 0.25) is 0 Å². The Morgan fingerprint density at radius 1 is 0.529 bits per heavy atom. The van der Waals surface area contributed by atoms with Crippen LogP contribution in [0.1, 0.15) is 27.8 Å². The molecule has 174 valence electrons. The maximum absolute atomic E-state index is 10.6. The SMILES string of the molecule is Cc1cc(Oc2ccccc2N(c2cc(O)c(C)cc2C)c2cc(O)c(C)cc2C)ccc1O. The smallest absolute Gasteiger partial charge is 0.151 e. The lowest BCUT2D eigenvalue weighted by Gasteiger charge is -2.30. The zero-order chi connectivity index (χ0) is 24.6. The second-order valence-corrected chi connectivity index (χ2v) is 8.70. The summed E-state index contributed by atoms with van der Waals surface area (Å²) in [4.78, 5) is 1.99. The summed E-state index contributed by atoms with van der Waals surface area (Å²) in [6.45, 7) is 9.53. The number of ether oxygens (including phenoxy) is 1. The number of aromatic hydroxyl groups is 3. The third-order valence-electron chi connectivity index (χ3n) is 6.01. The lowest BCUT2D eigenvalue weighted by molar-refractivity contribution is 0.461. The van der Waals surface area contributed by atoms with Crippen LogP contribution in [0, 0.1) is 34.6 Å². The summed E-state index contributed by atoms with van der Waals surface area (Å²) in [5.74, 6) is 1.76. The van der Waals surface area contributed by atoms with Crippen molar-refractivity contribution in [3.63, 3.8) is 0 Å². The van der Waals surface area contributed by atoms with E-state index in [2.05, 4.69) is 0 Å². The molecule has 4 aromatic rings. The lowest BCUT2D eigenvalue weighted by atomic mass is 10.0. The molecule has 3 N–H and O–H groups in total. The van der Waals surface area contributed by atoms with Crippen LogP contribution in [-0.2, 0) is 0 Å². The van der Waals surface area contributed by atoms with E-state index in [1.54, 1.807) is 30.3 Å². The van der Waals surface area contributed by atoms with Crippen LogP contribution in [0.25, 0.3) is 0 Å². The van der Waals surface area contributed by atoms with E-state index in [1.165, 1.54) is 0 Å². The van der Waals surface area contributed by atoms with Crippen molar-refractivity contribution in [3.8, 4) is 28.7 Å². The van der Waals surface area contributed by atoms with Crippen molar-refractivity contribution in [3.05, 3.63) is 94.5 Å². The molecule has 0 bridgehead atoms. The van der Waals surface area contributed by atoms with Gasteiger partial charge in [0.05, 0.1) is 17.1 Å². The number of phenolic OH excluding ortho intramolecular Hbond substituents is 3. The molecule has 0 amide bonds. The van der Waals surface area contributed by atoms with Crippen molar-refractivity contribution >= 4 is 17.1 Å². The van der Waals surface area contributed by atoms with Crippen LogP contribution in [0.15, 0.2) is 66.7 Å². The van der Waals surface area contributed by atoms with E-state index in [0.717, 1.165) is 39.3 Å². The fourth-order valence-electron chi connectivity index (χ4n) is 4.08. The fraction of sp³-hybridized carbons (Fsp3) is 0.172. The van der Waals surface area contributed by atoms with E-state index < -0.39 is 0 Å². The molecule has 0 aliphatic carbocycles. The number of para-hydroxylation sites is 2. The van der Waals surface area contributed by atoms with Gasteiger partial charge in [0.25, 0.3) is 0 Å². The first kappa shape index (κ1) is 23.1. The number of anilines is 3. The summed E-state index contributed by atoms with van der Waals surface area (Å²) in [5.41, 5.74) is 6.49. The minimum atomic E-state index is 0.187. The summed E-state index contributed by atoms with van der Waals surface area (Å²) in [5, 5.41) is 31.0. The van der Waals surface area contributed by atoms with Crippen LogP contribution in [-0.4, -0.2) is 15.3 Å². The second kappa shape index (κ2) is 9.02. The molecule has 34 heavy (non-hydrogen) atoms. The minimum absolute atomic E-state index is 0.187. The van der Waals surface area contributed by atoms with E-state index in [0.29, 0.717) is 17.1 Å². The molecule has 0 radical (unpaired) electrons. The van der Waals surface area contributed by atoms with Gasteiger partial charge in [-0.3, -0.25) is 0 Å². The van der Waals surface area contributed by atoms with Crippen LogP contribution < -0.4 is 9.64 Å². The quantitative estimate of drug-likeness (QED) is 0.289. The van der Waals surface area contributed by atoms with Gasteiger partial charge in [-0.05, 0) is 92.8 Å². The first-order valence-electron chi connectivity index (χ1n) is 11.1. The number of nitrogens with zero attached hydrogens (tertiary/aromatic N) is 1. The van der Waals surface area contributed by atoms with Gasteiger partial charge in [-0.2, -0.15) is 0 Å². The summed E-state index contributed by atoms with van der Waals surface area (Å²) in [7, 11) is 0. The highest BCUT2D eigenvalue weighted by Crippen LogP contribution is 2.46. The van der Waals surface area contributed by atoms with E-state index in [-0.39, 0.29) is 17.2 Å². The Morgan fingerprint density at radius 3 is 1.62 bits per heavy atom. The third kappa shape index (κ3) is 4.37. The van der Waals surface area contributed by atoms with E-state index in [4.69, 9.17) is 4.74 Å². The van der Waals surface area contributed by atoms with Crippen molar-refractivity contribution in [1.82, 2.24) is 0 Å². The molecular formula is C29H29NO4. The summed E-state index contributed by atoms with van der Waals surface area (Å²) in [6, 6.07) is 20.1. The monoisotopic (exact) mass is 455 g/mol. The predicted octanol–water partition coefficient (Wildman–Crippen LogP) is 7.61. The molecule has 0 saturated heterocycles. The highest BCUT2D eigenvalue weighted by atomic mass is 16.5. The number of rotatable bonds is 5. The molecule has 0 heterocycles. The van der Waals surface area contributed by atoms with E-state index in [1.807, 2.05) is 75.9 Å². The number of hydrogen-bond acceptors (Lipinski definition) is 5. The molecule has 5 nitrogen and oxygen atoms in total. The Labute approximate surface area is 200 Å². The predicted molar refractivity (Wildman–Crippen MR) is 136 cm³/mol. The Morgan fingerprint density at radius 2 is 1.06 bits per heavy atom. The molecule has 0 saturated carbocycles. The Balaban J connectivity index is 1.95. The first-order valence-corrected chi connectivity index (χ1v) is 11.1. The van der Waals surface area contributed by atoms with Crippen molar-refractivity contribution in [2.45, 2.75) is 34.6 Å². The summed E-state index contributed by atoms with van der Waals surface area (Å²) in [6.07, 6.45) is 0. The molecule has 0 unspecified atom stereocenters. The maximum atomic E-state index is 10.6. The molecule has 4 rings (SSSR count). The number of aryl methyl sites for hydroxylation is 5. The number of hydrogen-bond donors (Lipinski definition) is 3. The normalized spacial score (nSPS) is 10.9. The summed E-state index contributed by atoms with van der Waals surface area (Å²) < 4.78 is 6.28. The van der Waals surface area contributed by atoms with Crippen LogP contribution in [0.3, 0.4) is 0 Å². The van der Waals surface area contributed by atoms with Crippen LogP contribution in [0.5, 0.6) is 28.7 Å². The van der Waals surface area contributed by atoms with Crippen molar-refractivity contribution < 1.29 is 20.1 Å². The van der Waals surface area contributed by atoms with Crippen LogP contribution >= 0.6 is 0 Å². The zero-order valence-corrected chi connectivity index (χ0v) is 20.0. The fourth-order valence-corrected chi connectivity index (χ4v) is 4.08. The topological polar surface area (TPSA) is 73.2 Å². The van der Waals surface area contributed by atoms with Gasteiger partial charge >= 0.3 is 0 Å². The largest absolute Gasteiger partial charge is 0.508 e. The van der Waals surface area contributed by atoms with Crippen molar-refractivity contribution in [2.75, 3.05) is 4.90 Å². The van der Waals surface area contributed by atoms with Gasteiger partial charge in [0.1, 0.15) is 23.0 Å². The van der Waals surface area contributed by atoms with Crippen LogP contribution in [0.4, 0.5) is 17.1 Å². The zero-order valence-electron chi connectivity index (χ0n) is 20.0. The standard InChI is InChI=1S/C29H29NO4/c1-17-12-19(3)27(32)15-24(17)30(25-16-28(33)20(4)13-18(25)2)23-8-6-7-9-29(23)34-22-10-11-26(31)21(5)14-22/h6-16,31-33H,1-5H3. The maximum Gasteiger partial charge on any atom is 0.151 e. The molecular weight excluding hydrogens is 426 g/mol. The Kier molecular flexibility index (Phi) is 6.12. The van der Waals surface area contributed by atoms with Gasteiger partial charge in [-0.1, -0.05) is 24.3 Å². The summed E-state index contributed by atoms with van der Waals surface area (Å²) >= 11 is 0. The average molecular weight is 456 g/mol. The molecule has 0 aromatic heterocycles. The van der Waals surface area contributed by atoms with Crippen molar-refractivity contribution in [2.24, 2.45) is 0 Å². The average Bonchev–Trinajstić information content (AvgIpc) is 2.79. The first-order chi connectivity index (χ1) is 16.2. The van der Waals surface area contributed by atoms with E-state index >= 15 is 0 Å². The highest BCUT2D eigenvalue weighted by molar-refractivity contribution is 5.84. The minimum Gasteiger partial charge on any atom is -0.508 e. The van der Waals surface area contributed by atoms with Gasteiger partial charge in [-0.25, -0.2) is 0 Å². The lowest BCUT2D eigenvalue weighted by Crippen LogP contribution is -2.14. The molecule has 0 aliphatic heterocycles.